The van der Waals surface area contributed by atoms with E-state index in [-0.39, 0.29) is 22.4 Å². The van der Waals surface area contributed by atoms with Gasteiger partial charge in [0.2, 0.25) is 0 Å². The number of hydrogen-bond acceptors (Lipinski definition) is 5. The predicted molar refractivity (Wildman–Crippen MR) is 129 cm³/mol. The van der Waals surface area contributed by atoms with Crippen molar-refractivity contribution in [2.45, 2.75) is 51.9 Å². The van der Waals surface area contributed by atoms with Gasteiger partial charge in [-0.1, -0.05) is 51.1 Å². The molecule has 0 bridgehead atoms. The number of rotatable bonds is 6. The summed E-state index contributed by atoms with van der Waals surface area (Å²) in [5.41, 5.74) is 2.65. The van der Waals surface area contributed by atoms with Crippen LogP contribution in [0.4, 0.5) is 5.82 Å². The number of hydrogen-bond donors (Lipinski definition) is 1. The van der Waals surface area contributed by atoms with Crippen LogP contribution in [0.2, 0.25) is 0 Å². The minimum absolute atomic E-state index is 0.0308. The average Bonchev–Trinajstić information content (AvgIpc) is 3.09. The molecule has 1 aromatic heterocycles. The molecule has 0 fully saturated rings. The van der Waals surface area contributed by atoms with E-state index in [9.17, 15) is 18.3 Å². The monoisotopic (exact) mass is 472 g/mol. The highest BCUT2D eigenvalue weighted by atomic mass is 32.2. The number of benzene rings is 2. The highest BCUT2D eigenvalue weighted by Gasteiger charge is 2.29. The van der Waals surface area contributed by atoms with Gasteiger partial charge in [0.15, 0.2) is 5.82 Å². The van der Waals surface area contributed by atoms with Crippen molar-refractivity contribution < 1.29 is 18.3 Å². The van der Waals surface area contributed by atoms with Crippen molar-refractivity contribution in [3.63, 3.8) is 0 Å². The van der Waals surface area contributed by atoms with Crippen molar-refractivity contribution in [1.82, 2.24) is 4.98 Å². The van der Waals surface area contributed by atoms with Gasteiger partial charge < -0.3 is 5.11 Å². The molecule has 3 rings (SSSR count). The van der Waals surface area contributed by atoms with Gasteiger partial charge in [0.1, 0.15) is 5.01 Å². The van der Waals surface area contributed by atoms with Gasteiger partial charge in [0.05, 0.1) is 10.5 Å². The van der Waals surface area contributed by atoms with Crippen LogP contribution in [0.15, 0.2) is 47.4 Å². The third kappa shape index (κ3) is 4.56. The summed E-state index contributed by atoms with van der Waals surface area (Å²) >= 11 is 1.43. The van der Waals surface area contributed by atoms with E-state index in [1.807, 2.05) is 19.1 Å². The van der Waals surface area contributed by atoms with Crippen molar-refractivity contribution in [3.05, 3.63) is 64.0 Å². The number of carboxylic acids is 1. The maximum Gasteiger partial charge on any atom is 0.335 e. The lowest BCUT2D eigenvalue weighted by Gasteiger charge is -2.22. The summed E-state index contributed by atoms with van der Waals surface area (Å²) in [6.07, 6.45) is 0. The Labute approximate surface area is 193 Å². The summed E-state index contributed by atoms with van der Waals surface area (Å²) in [5.74, 6) is -0.793. The second kappa shape index (κ2) is 8.67. The summed E-state index contributed by atoms with van der Waals surface area (Å²) in [7, 11) is -3.98. The van der Waals surface area contributed by atoms with Gasteiger partial charge in [0, 0.05) is 17.0 Å². The lowest BCUT2D eigenvalue weighted by Crippen LogP contribution is -2.31. The molecule has 1 heterocycles. The van der Waals surface area contributed by atoms with Crippen LogP contribution in [-0.2, 0) is 15.4 Å². The molecule has 3 aromatic rings. The molecule has 1 N–H and O–H groups in total. The minimum atomic E-state index is -3.98. The van der Waals surface area contributed by atoms with E-state index in [2.05, 4.69) is 37.9 Å². The van der Waals surface area contributed by atoms with E-state index in [1.54, 1.807) is 13.8 Å². The summed E-state index contributed by atoms with van der Waals surface area (Å²) in [6, 6.07) is 12.3. The van der Waals surface area contributed by atoms with E-state index >= 15 is 0 Å². The number of thiazole rings is 1. The molecule has 0 amide bonds. The number of carboxylic acid groups (broad SMARTS) is 1. The third-order valence-corrected chi connectivity index (χ3v) is 8.19. The first-order valence-corrected chi connectivity index (χ1v) is 12.6. The van der Waals surface area contributed by atoms with Crippen LogP contribution in [0.3, 0.4) is 0 Å². The lowest BCUT2D eigenvalue weighted by atomic mass is 9.87. The molecule has 6 nitrogen and oxygen atoms in total. The number of aromatic nitrogens is 1. The summed E-state index contributed by atoms with van der Waals surface area (Å²) in [4.78, 5) is 16.9. The molecule has 0 unspecified atom stereocenters. The smallest absolute Gasteiger partial charge is 0.335 e. The molecule has 2 aromatic carbocycles. The highest BCUT2D eigenvalue weighted by Crippen LogP contribution is 2.36. The molecule has 0 saturated carbocycles. The Morgan fingerprint density at radius 1 is 1.09 bits per heavy atom. The molecular formula is C24H28N2O4S2. The van der Waals surface area contributed by atoms with E-state index < -0.39 is 16.0 Å². The van der Waals surface area contributed by atoms with E-state index in [0.29, 0.717) is 11.4 Å². The van der Waals surface area contributed by atoms with Gasteiger partial charge in [-0.3, -0.25) is 0 Å². The van der Waals surface area contributed by atoms with Crippen LogP contribution in [-0.4, -0.2) is 31.0 Å². The van der Waals surface area contributed by atoms with Gasteiger partial charge >= 0.3 is 5.97 Å². The topological polar surface area (TPSA) is 87.6 Å². The number of aryl methyl sites for hydroxylation is 2. The van der Waals surface area contributed by atoms with Crippen molar-refractivity contribution in [1.29, 1.82) is 0 Å². The zero-order valence-electron chi connectivity index (χ0n) is 19.1. The van der Waals surface area contributed by atoms with Crippen LogP contribution in [0.25, 0.3) is 10.6 Å². The zero-order valence-corrected chi connectivity index (χ0v) is 20.8. The zero-order chi connectivity index (χ0) is 23.8. The van der Waals surface area contributed by atoms with Gasteiger partial charge in [-0.25, -0.2) is 22.5 Å². The second-order valence-corrected chi connectivity index (χ2v) is 11.7. The number of sulfonamides is 1. The van der Waals surface area contributed by atoms with Crippen LogP contribution < -0.4 is 4.31 Å². The first-order chi connectivity index (χ1) is 14.9. The van der Waals surface area contributed by atoms with Crippen LogP contribution in [0, 0.1) is 13.8 Å². The van der Waals surface area contributed by atoms with Crippen LogP contribution in [0.5, 0.6) is 0 Å². The standard InChI is InChI=1S/C24H28N2O4S2/c1-7-26(32(29,30)19-13-8-15(2)20(14-19)23(27)28)21-16(3)31-22(25-21)17-9-11-18(12-10-17)24(4,5)6/h8-14H,7H2,1-6H3,(H,27,28). The molecule has 0 aliphatic rings. The molecule has 170 valence electrons. The Hall–Kier alpha value is -2.71. The van der Waals surface area contributed by atoms with Crippen molar-refractivity contribution in [3.8, 4) is 10.6 Å². The second-order valence-electron chi connectivity index (χ2n) is 8.68. The van der Waals surface area contributed by atoms with Crippen LogP contribution in [0.1, 0.15) is 54.1 Å². The Bertz CT molecular complexity index is 1250. The molecule has 8 heteroatoms. The van der Waals surface area contributed by atoms with E-state index in [1.165, 1.54) is 39.4 Å². The Kier molecular flexibility index (Phi) is 6.49. The average molecular weight is 473 g/mol. The first-order valence-electron chi connectivity index (χ1n) is 10.3. The van der Waals surface area contributed by atoms with Gasteiger partial charge in [-0.2, -0.15) is 0 Å². The molecule has 0 atom stereocenters. The quantitative estimate of drug-likeness (QED) is 0.502. The minimum Gasteiger partial charge on any atom is -0.478 e. The van der Waals surface area contributed by atoms with E-state index in [0.717, 1.165) is 15.4 Å². The van der Waals surface area contributed by atoms with Gasteiger partial charge in [-0.05, 0) is 49.4 Å². The molecule has 0 aliphatic heterocycles. The summed E-state index contributed by atoms with van der Waals surface area (Å²) in [6.45, 7) is 11.8. The highest BCUT2D eigenvalue weighted by molar-refractivity contribution is 7.92. The van der Waals surface area contributed by atoms with Gasteiger partial charge in [-0.15, -0.1) is 11.3 Å². The predicted octanol–water partition coefficient (Wildman–Crippen LogP) is 5.64. The first kappa shape index (κ1) is 23.9. The van der Waals surface area contributed by atoms with Crippen LogP contribution >= 0.6 is 11.3 Å². The maximum absolute atomic E-state index is 13.4. The molecule has 0 aliphatic carbocycles. The lowest BCUT2D eigenvalue weighted by molar-refractivity contribution is 0.0696. The molecule has 0 radical (unpaired) electrons. The number of carbonyl (C=O) groups is 1. The Morgan fingerprint density at radius 3 is 2.25 bits per heavy atom. The molecule has 0 saturated heterocycles. The SMILES string of the molecule is CCN(c1nc(-c2ccc(C(C)(C)C)cc2)sc1C)S(=O)(=O)c1ccc(C)c(C(=O)O)c1. The number of aromatic carboxylic acids is 1. The molecular weight excluding hydrogens is 444 g/mol. The third-order valence-electron chi connectivity index (χ3n) is 5.32. The molecule has 0 spiro atoms. The van der Waals surface area contributed by atoms with Crippen molar-refractivity contribution in [2.24, 2.45) is 0 Å². The fourth-order valence-corrected chi connectivity index (χ4v) is 5.90. The number of nitrogens with zero attached hydrogens (tertiary/aromatic N) is 2. The Morgan fingerprint density at radius 2 is 1.72 bits per heavy atom. The van der Waals surface area contributed by atoms with Gasteiger partial charge in [0.25, 0.3) is 10.0 Å². The van der Waals surface area contributed by atoms with Crippen molar-refractivity contribution >= 4 is 33.1 Å². The summed E-state index contributed by atoms with van der Waals surface area (Å²) < 4.78 is 28.0. The fourth-order valence-electron chi connectivity index (χ4n) is 3.41. The largest absolute Gasteiger partial charge is 0.478 e. The molecule has 32 heavy (non-hydrogen) atoms. The van der Waals surface area contributed by atoms with E-state index in [4.69, 9.17) is 0 Å². The maximum atomic E-state index is 13.4. The summed E-state index contributed by atoms with van der Waals surface area (Å²) in [5, 5.41) is 10.1. The van der Waals surface area contributed by atoms with Crippen molar-refractivity contribution in [2.75, 3.05) is 10.8 Å². The fraction of sp³-hybridized carbons (Fsp3) is 0.333. The number of anilines is 1. The normalized spacial score (nSPS) is 12.1. The Balaban J connectivity index is 2.02.